The van der Waals surface area contributed by atoms with Gasteiger partial charge in [0.2, 0.25) is 0 Å². The molecule has 68 valence electrons. The van der Waals surface area contributed by atoms with E-state index in [1.54, 1.807) is 6.07 Å². The number of hydrogen-bond acceptors (Lipinski definition) is 1. The molecule has 1 saturated carbocycles. The number of halogens is 1. The SMILES string of the molecule is Oc1cc(C=C2CCC2)ccc1F. The average Bonchev–Trinajstić information content (AvgIpc) is 2.04. The second kappa shape index (κ2) is 3.21. The van der Waals surface area contributed by atoms with E-state index in [2.05, 4.69) is 0 Å². The van der Waals surface area contributed by atoms with Crippen LogP contribution in [0, 0.1) is 5.82 Å². The molecule has 1 aromatic rings. The number of aromatic hydroxyl groups is 1. The summed E-state index contributed by atoms with van der Waals surface area (Å²) < 4.78 is 12.7. The molecule has 1 aromatic carbocycles. The Balaban J connectivity index is 2.26. The Labute approximate surface area is 76.5 Å². The quantitative estimate of drug-likeness (QED) is 0.700. The van der Waals surface area contributed by atoms with E-state index < -0.39 is 5.82 Å². The number of rotatable bonds is 1. The van der Waals surface area contributed by atoms with E-state index >= 15 is 0 Å². The fraction of sp³-hybridized carbons (Fsp3) is 0.273. The lowest BCUT2D eigenvalue weighted by Gasteiger charge is -2.15. The van der Waals surface area contributed by atoms with Crippen LogP contribution in [0.3, 0.4) is 0 Å². The fourth-order valence-electron chi connectivity index (χ4n) is 1.38. The van der Waals surface area contributed by atoms with Gasteiger partial charge in [-0.1, -0.05) is 17.7 Å². The molecular weight excluding hydrogens is 167 g/mol. The Kier molecular flexibility index (Phi) is 2.05. The summed E-state index contributed by atoms with van der Waals surface area (Å²) in [5.74, 6) is -0.829. The number of phenolic OH excluding ortho intramolecular Hbond substituents is 1. The molecule has 0 unspecified atom stereocenters. The average molecular weight is 178 g/mol. The number of benzene rings is 1. The van der Waals surface area contributed by atoms with Crippen molar-refractivity contribution >= 4 is 6.08 Å². The van der Waals surface area contributed by atoms with Gasteiger partial charge in [-0.3, -0.25) is 0 Å². The van der Waals surface area contributed by atoms with Crippen molar-refractivity contribution in [1.82, 2.24) is 0 Å². The molecule has 0 saturated heterocycles. The summed E-state index contributed by atoms with van der Waals surface area (Å²) in [5.41, 5.74) is 2.26. The summed E-state index contributed by atoms with van der Waals surface area (Å²) in [6.07, 6.45) is 5.54. The van der Waals surface area contributed by atoms with Crippen molar-refractivity contribution in [1.29, 1.82) is 0 Å². The van der Waals surface area contributed by atoms with Crippen molar-refractivity contribution in [3.63, 3.8) is 0 Å². The minimum absolute atomic E-state index is 0.270. The van der Waals surface area contributed by atoms with Crippen LogP contribution >= 0.6 is 0 Å². The highest BCUT2D eigenvalue weighted by Crippen LogP contribution is 2.28. The van der Waals surface area contributed by atoms with Crippen molar-refractivity contribution in [2.75, 3.05) is 0 Å². The van der Waals surface area contributed by atoms with Crippen LogP contribution in [0.15, 0.2) is 23.8 Å². The maximum atomic E-state index is 12.7. The van der Waals surface area contributed by atoms with Crippen molar-refractivity contribution in [3.8, 4) is 5.75 Å². The summed E-state index contributed by atoms with van der Waals surface area (Å²) in [6.45, 7) is 0. The van der Waals surface area contributed by atoms with Crippen molar-refractivity contribution < 1.29 is 9.50 Å². The van der Waals surface area contributed by atoms with Gasteiger partial charge in [0.25, 0.3) is 0 Å². The van der Waals surface area contributed by atoms with Gasteiger partial charge >= 0.3 is 0 Å². The largest absolute Gasteiger partial charge is 0.505 e. The Morgan fingerprint density at radius 3 is 2.62 bits per heavy atom. The summed E-state index contributed by atoms with van der Waals surface area (Å²) in [6, 6.07) is 4.43. The van der Waals surface area contributed by atoms with E-state index in [-0.39, 0.29) is 5.75 Å². The summed E-state index contributed by atoms with van der Waals surface area (Å²) in [7, 11) is 0. The first-order chi connectivity index (χ1) is 6.25. The first kappa shape index (κ1) is 8.30. The van der Waals surface area contributed by atoms with Crippen molar-refractivity contribution in [2.45, 2.75) is 19.3 Å². The van der Waals surface area contributed by atoms with E-state index in [0.29, 0.717) is 0 Å². The zero-order valence-corrected chi connectivity index (χ0v) is 7.26. The maximum Gasteiger partial charge on any atom is 0.164 e. The molecule has 0 spiro atoms. The molecule has 1 aliphatic carbocycles. The Bertz CT molecular complexity index is 349. The highest BCUT2D eigenvalue weighted by Gasteiger charge is 2.08. The number of allylic oxidation sites excluding steroid dienone is 1. The molecule has 0 aromatic heterocycles. The first-order valence-corrected chi connectivity index (χ1v) is 4.44. The third-order valence-electron chi connectivity index (χ3n) is 2.34. The summed E-state index contributed by atoms with van der Waals surface area (Å²) >= 11 is 0. The molecule has 1 nitrogen and oxygen atoms in total. The van der Waals surface area contributed by atoms with Crippen LogP contribution in [0.1, 0.15) is 24.8 Å². The van der Waals surface area contributed by atoms with Crippen LogP contribution in [0.25, 0.3) is 6.08 Å². The van der Waals surface area contributed by atoms with Gasteiger partial charge in [0.15, 0.2) is 11.6 Å². The Morgan fingerprint density at radius 2 is 2.08 bits per heavy atom. The molecule has 2 heteroatoms. The van der Waals surface area contributed by atoms with Gasteiger partial charge in [0.05, 0.1) is 0 Å². The smallest absolute Gasteiger partial charge is 0.164 e. The molecular formula is C11H11FO. The second-order valence-corrected chi connectivity index (χ2v) is 3.37. The molecule has 0 bridgehead atoms. The van der Waals surface area contributed by atoms with Crippen LogP contribution in [0.4, 0.5) is 4.39 Å². The second-order valence-electron chi connectivity index (χ2n) is 3.37. The minimum Gasteiger partial charge on any atom is -0.505 e. The maximum absolute atomic E-state index is 12.7. The molecule has 0 atom stereocenters. The van der Waals surface area contributed by atoms with Gasteiger partial charge < -0.3 is 5.11 Å². The minimum atomic E-state index is -0.559. The zero-order chi connectivity index (χ0) is 9.26. The van der Waals surface area contributed by atoms with E-state index in [4.69, 9.17) is 5.11 Å². The van der Waals surface area contributed by atoms with Gasteiger partial charge in [-0.25, -0.2) is 4.39 Å². The van der Waals surface area contributed by atoms with Gasteiger partial charge in [0.1, 0.15) is 0 Å². The number of phenols is 1. The van der Waals surface area contributed by atoms with E-state index in [0.717, 1.165) is 18.4 Å². The molecule has 1 N–H and O–H groups in total. The fourth-order valence-corrected chi connectivity index (χ4v) is 1.38. The van der Waals surface area contributed by atoms with Gasteiger partial charge in [-0.15, -0.1) is 0 Å². The molecule has 0 heterocycles. The summed E-state index contributed by atoms with van der Waals surface area (Å²) in [4.78, 5) is 0. The normalized spacial score (nSPS) is 15.3. The van der Waals surface area contributed by atoms with Crippen molar-refractivity contribution in [2.24, 2.45) is 0 Å². The van der Waals surface area contributed by atoms with Crippen molar-refractivity contribution in [3.05, 3.63) is 35.2 Å². The lowest BCUT2D eigenvalue weighted by molar-refractivity contribution is 0.432. The van der Waals surface area contributed by atoms with Crippen LogP contribution in [-0.2, 0) is 0 Å². The Morgan fingerprint density at radius 1 is 1.31 bits per heavy atom. The zero-order valence-electron chi connectivity index (χ0n) is 7.26. The number of hydrogen-bond donors (Lipinski definition) is 1. The predicted octanol–water partition coefficient (Wildman–Crippen LogP) is 3.10. The molecule has 1 aliphatic rings. The van der Waals surface area contributed by atoms with Crippen LogP contribution in [0.2, 0.25) is 0 Å². The lowest BCUT2D eigenvalue weighted by atomic mass is 9.91. The third kappa shape index (κ3) is 1.72. The molecule has 1 fully saturated rings. The standard InChI is InChI=1S/C11H11FO/c12-10-5-4-9(7-11(10)13)6-8-2-1-3-8/h4-7,13H,1-3H2. The third-order valence-corrected chi connectivity index (χ3v) is 2.34. The molecule has 0 amide bonds. The lowest BCUT2D eigenvalue weighted by Crippen LogP contribution is -1.95. The van der Waals surface area contributed by atoms with Crippen LogP contribution < -0.4 is 0 Å². The highest BCUT2D eigenvalue weighted by molar-refractivity contribution is 5.56. The van der Waals surface area contributed by atoms with E-state index in [1.807, 2.05) is 6.08 Å². The molecule has 0 aliphatic heterocycles. The van der Waals surface area contributed by atoms with Gasteiger partial charge in [0, 0.05) is 0 Å². The molecule has 2 rings (SSSR count). The van der Waals surface area contributed by atoms with E-state index in [9.17, 15) is 4.39 Å². The van der Waals surface area contributed by atoms with Crippen LogP contribution in [0.5, 0.6) is 5.75 Å². The van der Waals surface area contributed by atoms with Gasteiger partial charge in [-0.05, 0) is 37.0 Å². The summed E-state index contributed by atoms with van der Waals surface area (Å²) in [5, 5.41) is 9.10. The molecule has 0 radical (unpaired) electrons. The highest BCUT2D eigenvalue weighted by atomic mass is 19.1. The monoisotopic (exact) mass is 178 g/mol. The topological polar surface area (TPSA) is 20.2 Å². The Hall–Kier alpha value is -1.31. The van der Waals surface area contributed by atoms with Crippen LogP contribution in [-0.4, -0.2) is 5.11 Å². The van der Waals surface area contributed by atoms with Gasteiger partial charge in [-0.2, -0.15) is 0 Å². The predicted molar refractivity (Wildman–Crippen MR) is 49.9 cm³/mol. The first-order valence-electron chi connectivity index (χ1n) is 4.44. The molecule has 13 heavy (non-hydrogen) atoms. The van der Waals surface area contributed by atoms with E-state index in [1.165, 1.54) is 24.1 Å².